The van der Waals surface area contributed by atoms with Gasteiger partial charge in [-0.25, -0.2) is 13.1 Å². The Morgan fingerprint density at radius 3 is 2.58 bits per heavy atom. The zero-order valence-electron chi connectivity index (χ0n) is 10.2. The van der Waals surface area contributed by atoms with E-state index < -0.39 is 14.9 Å². The zero-order valence-corrected chi connectivity index (χ0v) is 12.6. The molecule has 0 aliphatic rings. The molecule has 0 unspecified atom stereocenters. The van der Waals surface area contributed by atoms with Crippen LogP contribution in [-0.4, -0.2) is 33.5 Å². The summed E-state index contributed by atoms with van der Waals surface area (Å²) in [6.07, 6.45) is 0.657. The van der Waals surface area contributed by atoms with Gasteiger partial charge in [-0.05, 0) is 48.1 Å². The van der Waals surface area contributed by atoms with Gasteiger partial charge in [-0.3, -0.25) is 10.1 Å². The summed E-state index contributed by atoms with van der Waals surface area (Å²) in [4.78, 5) is 10.0. The molecule has 0 aliphatic carbocycles. The molecular formula is C10H14BrN3O4S. The molecular weight excluding hydrogens is 338 g/mol. The zero-order chi connectivity index (χ0) is 14.5. The summed E-state index contributed by atoms with van der Waals surface area (Å²) in [7, 11) is -1.86. The summed E-state index contributed by atoms with van der Waals surface area (Å²) in [5.41, 5.74) is -0.172. The van der Waals surface area contributed by atoms with Crippen molar-refractivity contribution in [2.24, 2.45) is 0 Å². The number of sulfonamides is 1. The second kappa shape index (κ2) is 6.94. The molecule has 106 valence electrons. The molecule has 7 nitrogen and oxygen atoms in total. The lowest BCUT2D eigenvalue weighted by molar-refractivity contribution is -0.385. The van der Waals surface area contributed by atoms with Gasteiger partial charge in [-0.1, -0.05) is 0 Å². The third-order valence-corrected chi connectivity index (χ3v) is 4.42. The Hall–Kier alpha value is -1.03. The predicted molar refractivity (Wildman–Crippen MR) is 74.5 cm³/mol. The van der Waals surface area contributed by atoms with E-state index in [0.29, 0.717) is 19.5 Å². The van der Waals surface area contributed by atoms with Gasteiger partial charge in [0.25, 0.3) is 5.69 Å². The molecule has 0 saturated carbocycles. The van der Waals surface area contributed by atoms with Gasteiger partial charge in [0.15, 0.2) is 0 Å². The number of nitrogens with one attached hydrogen (secondary N) is 2. The highest BCUT2D eigenvalue weighted by atomic mass is 79.9. The van der Waals surface area contributed by atoms with Crippen LogP contribution in [0.2, 0.25) is 0 Å². The van der Waals surface area contributed by atoms with E-state index in [9.17, 15) is 18.5 Å². The Morgan fingerprint density at radius 1 is 1.37 bits per heavy atom. The Morgan fingerprint density at radius 2 is 2.05 bits per heavy atom. The minimum atomic E-state index is -3.64. The predicted octanol–water partition coefficient (Wildman–Crippen LogP) is 1.25. The molecule has 0 heterocycles. The minimum Gasteiger partial charge on any atom is -0.320 e. The SMILES string of the molecule is CNCCCNS(=O)(=O)c1ccc([N+](=O)[O-])c(Br)c1. The quantitative estimate of drug-likeness (QED) is 0.437. The number of nitrogens with zero attached hydrogens (tertiary/aromatic N) is 1. The van der Waals surface area contributed by atoms with E-state index in [2.05, 4.69) is 26.0 Å². The van der Waals surface area contributed by atoms with Crippen molar-refractivity contribution < 1.29 is 13.3 Å². The standard InChI is InChI=1S/C10H14BrN3O4S/c1-12-5-2-6-13-19(17,18)8-3-4-10(14(15)16)9(11)7-8/h3-4,7,12-13H,2,5-6H2,1H3. The maximum absolute atomic E-state index is 11.9. The third-order valence-electron chi connectivity index (χ3n) is 2.32. The Balaban J connectivity index is 2.84. The Bertz CT molecular complexity index is 562. The number of rotatable bonds is 7. The van der Waals surface area contributed by atoms with Crippen LogP contribution >= 0.6 is 15.9 Å². The van der Waals surface area contributed by atoms with E-state index in [-0.39, 0.29) is 15.1 Å². The monoisotopic (exact) mass is 351 g/mol. The largest absolute Gasteiger partial charge is 0.320 e. The molecule has 0 spiro atoms. The molecule has 0 aliphatic heterocycles. The van der Waals surface area contributed by atoms with Crippen molar-refractivity contribution in [3.05, 3.63) is 32.8 Å². The van der Waals surface area contributed by atoms with E-state index in [1.807, 2.05) is 0 Å². The fourth-order valence-electron chi connectivity index (χ4n) is 1.36. The van der Waals surface area contributed by atoms with Crippen molar-refractivity contribution in [1.82, 2.24) is 10.0 Å². The number of hydrogen-bond donors (Lipinski definition) is 2. The summed E-state index contributed by atoms with van der Waals surface area (Å²) in [6, 6.07) is 3.59. The fraction of sp³-hybridized carbons (Fsp3) is 0.400. The fourth-order valence-corrected chi connectivity index (χ4v) is 3.13. The summed E-state index contributed by atoms with van der Waals surface area (Å²) in [5.74, 6) is 0. The highest BCUT2D eigenvalue weighted by molar-refractivity contribution is 9.10. The first-order chi connectivity index (χ1) is 8.88. The summed E-state index contributed by atoms with van der Waals surface area (Å²) in [6.45, 7) is 1.00. The van der Waals surface area contributed by atoms with Gasteiger partial charge in [-0.2, -0.15) is 0 Å². The van der Waals surface area contributed by atoms with Crippen LogP contribution in [0.15, 0.2) is 27.6 Å². The van der Waals surface area contributed by atoms with Crippen LogP contribution in [0.3, 0.4) is 0 Å². The van der Waals surface area contributed by atoms with Crippen molar-refractivity contribution in [2.45, 2.75) is 11.3 Å². The van der Waals surface area contributed by atoms with Crippen LogP contribution in [0.5, 0.6) is 0 Å². The van der Waals surface area contributed by atoms with E-state index in [0.717, 1.165) is 6.07 Å². The van der Waals surface area contributed by atoms with Crippen molar-refractivity contribution in [2.75, 3.05) is 20.1 Å². The molecule has 9 heteroatoms. The van der Waals surface area contributed by atoms with Gasteiger partial charge in [0, 0.05) is 12.6 Å². The summed E-state index contributed by atoms with van der Waals surface area (Å²) < 4.78 is 26.4. The number of halogens is 1. The van der Waals surface area contributed by atoms with E-state index >= 15 is 0 Å². The van der Waals surface area contributed by atoms with E-state index in [1.54, 1.807) is 7.05 Å². The second-order valence-corrected chi connectivity index (χ2v) is 6.35. The van der Waals surface area contributed by atoms with Crippen LogP contribution in [0, 0.1) is 10.1 Å². The van der Waals surface area contributed by atoms with Crippen molar-refractivity contribution >= 4 is 31.6 Å². The average molecular weight is 352 g/mol. The first kappa shape index (κ1) is 16.0. The molecule has 1 aromatic rings. The van der Waals surface area contributed by atoms with E-state index in [4.69, 9.17) is 0 Å². The molecule has 1 rings (SSSR count). The molecule has 2 N–H and O–H groups in total. The maximum Gasteiger partial charge on any atom is 0.283 e. The number of benzene rings is 1. The molecule has 0 fully saturated rings. The van der Waals surface area contributed by atoms with Crippen LogP contribution in [0.25, 0.3) is 0 Å². The third kappa shape index (κ3) is 4.53. The van der Waals surface area contributed by atoms with Crippen molar-refractivity contribution in [3.63, 3.8) is 0 Å². The molecule has 19 heavy (non-hydrogen) atoms. The summed E-state index contributed by atoms with van der Waals surface area (Å²) in [5, 5.41) is 13.5. The molecule has 0 saturated heterocycles. The van der Waals surface area contributed by atoms with Crippen molar-refractivity contribution in [3.8, 4) is 0 Å². The number of hydrogen-bond acceptors (Lipinski definition) is 5. The Kier molecular flexibility index (Phi) is 5.85. The highest BCUT2D eigenvalue weighted by Gasteiger charge is 2.18. The van der Waals surface area contributed by atoms with Gasteiger partial charge in [0.1, 0.15) is 0 Å². The molecule has 0 amide bonds. The lowest BCUT2D eigenvalue weighted by Crippen LogP contribution is -2.26. The maximum atomic E-state index is 11.9. The molecule has 0 atom stereocenters. The highest BCUT2D eigenvalue weighted by Crippen LogP contribution is 2.27. The van der Waals surface area contributed by atoms with Gasteiger partial charge in [-0.15, -0.1) is 0 Å². The topological polar surface area (TPSA) is 101 Å². The minimum absolute atomic E-state index is 0.00515. The Labute approximate surface area is 119 Å². The normalized spacial score (nSPS) is 11.5. The average Bonchev–Trinajstić information content (AvgIpc) is 2.34. The second-order valence-electron chi connectivity index (χ2n) is 3.73. The van der Waals surface area contributed by atoms with Gasteiger partial charge in [0.05, 0.1) is 14.3 Å². The van der Waals surface area contributed by atoms with Crippen LogP contribution in [0.1, 0.15) is 6.42 Å². The van der Waals surface area contributed by atoms with Crippen LogP contribution < -0.4 is 10.0 Å². The first-order valence-corrected chi connectivity index (χ1v) is 7.74. The molecule has 1 aromatic carbocycles. The molecule has 0 bridgehead atoms. The first-order valence-electron chi connectivity index (χ1n) is 5.46. The summed E-state index contributed by atoms with van der Waals surface area (Å²) >= 11 is 2.99. The van der Waals surface area contributed by atoms with E-state index in [1.165, 1.54) is 12.1 Å². The van der Waals surface area contributed by atoms with Crippen LogP contribution in [-0.2, 0) is 10.0 Å². The van der Waals surface area contributed by atoms with Gasteiger partial charge >= 0.3 is 0 Å². The molecule has 0 radical (unpaired) electrons. The van der Waals surface area contributed by atoms with Gasteiger partial charge in [0.2, 0.25) is 10.0 Å². The van der Waals surface area contributed by atoms with Crippen molar-refractivity contribution in [1.29, 1.82) is 0 Å². The lowest BCUT2D eigenvalue weighted by Gasteiger charge is -2.07. The number of nitro groups is 1. The smallest absolute Gasteiger partial charge is 0.283 e. The lowest BCUT2D eigenvalue weighted by atomic mass is 10.3. The number of nitro benzene ring substituents is 1. The van der Waals surface area contributed by atoms with Gasteiger partial charge < -0.3 is 5.32 Å². The molecule has 0 aromatic heterocycles. The van der Waals surface area contributed by atoms with Crippen LogP contribution in [0.4, 0.5) is 5.69 Å².